The van der Waals surface area contributed by atoms with Crippen LogP contribution in [0, 0.1) is 11.3 Å². The van der Waals surface area contributed by atoms with E-state index in [4.69, 9.17) is 0 Å². The number of nitrogens with zero attached hydrogens (tertiary/aromatic N) is 1. The Kier molecular flexibility index (Phi) is 7.13. The van der Waals surface area contributed by atoms with Crippen LogP contribution in [0.4, 0.5) is 0 Å². The number of nitrogens with one attached hydrogen (secondary N) is 1. The summed E-state index contributed by atoms with van der Waals surface area (Å²) < 4.78 is 0. The van der Waals surface area contributed by atoms with Gasteiger partial charge in [-0.3, -0.25) is 4.99 Å². The molecule has 18 heavy (non-hydrogen) atoms. The van der Waals surface area contributed by atoms with E-state index in [0.717, 1.165) is 24.2 Å². The quantitative estimate of drug-likeness (QED) is 0.697. The van der Waals surface area contributed by atoms with Crippen LogP contribution < -0.4 is 5.32 Å². The predicted octanol–water partition coefficient (Wildman–Crippen LogP) is 4.31. The molecule has 0 bridgehead atoms. The summed E-state index contributed by atoms with van der Waals surface area (Å²) in [5.74, 6) is 2.05. The summed E-state index contributed by atoms with van der Waals surface area (Å²) in [5, 5.41) is 4.64. The van der Waals surface area contributed by atoms with Gasteiger partial charge in [0.1, 0.15) is 0 Å². The van der Waals surface area contributed by atoms with Gasteiger partial charge in [0.15, 0.2) is 5.17 Å². The zero-order chi connectivity index (χ0) is 13.4. The molecule has 0 saturated carbocycles. The topological polar surface area (TPSA) is 24.4 Å². The van der Waals surface area contributed by atoms with Gasteiger partial charge in [0, 0.05) is 18.8 Å². The van der Waals surface area contributed by atoms with Gasteiger partial charge in [0.25, 0.3) is 0 Å². The third kappa shape index (κ3) is 7.30. The highest BCUT2D eigenvalue weighted by Gasteiger charge is 2.22. The van der Waals surface area contributed by atoms with E-state index < -0.39 is 0 Å². The lowest BCUT2D eigenvalue weighted by molar-refractivity contribution is 0.436. The first-order valence-electron chi connectivity index (χ1n) is 7.41. The summed E-state index contributed by atoms with van der Waals surface area (Å²) in [4.78, 5) is 4.61. The van der Waals surface area contributed by atoms with E-state index in [1.807, 2.05) is 11.8 Å². The molecular formula is C15H30N2S. The van der Waals surface area contributed by atoms with Crippen molar-refractivity contribution < 1.29 is 0 Å². The van der Waals surface area contributed by atoms with Crippen molar-refractivity contribution in [3.05, 3.63) is 0 Å². The molecule has 1 heterocycles. The smallest absolute Gasteiger partial charge is 0.156 e. The van der Waals surface area contributed by atoms with Gasteiger partial charge in [-0.05, 0) is 17.8 Å². The molecule has 2 nitrogen and oxygen atoms in total. The van der Waals surface area contributed by atoms with E-state index in [2.05, 4.69) is 38.0 Å². The molecule has 0 unspecified atom stereocenters. The van der Waals surface area contributed by atoms with E-state index in [1.54, 1.807) is 0 Å². The van der Waals surface area contributed by atoms with Crippen molar-refractivity contribution >= 4 is 16.9 Å². The molecule has 0 aromatic carbocycles. The molecular weight excluding hydrogens is 240 g/mol. The number of amidine groups is 1. The largest absolute Gasteiger partial charge is 0.365 e. The van der Waals surface area contributed by atoms with Gasteiger partial charge in [-0.25, -0.2) is 0 Å². The van der Waals surface area contributed by atoms with Crippen LogP contribution in [0.1, 0.15) is 59.8 Å². The minimum atomic E-state index is 0.382. The second-order valence-electron chi connectivity index (χ2n) is 6.60. The second-order valence-corrected chi connectivity index (χ2v) is 7.56. The molecule has 0 aromatic heterocycles. The van der Waals surface area contributed by atoms with Gasteiger partial charge in [0.05, 0.1) is 0 Å². The van der Waals surface area contributed by atoms with Crippen LogP contribution in [0.3, 0.4) is 0 Å². The Morgan fingerprint density at radius 3 is 2.56 bits per heavy atom. The molecule has 0 saturated heterocycles. The predicted molar refractivity (Wildman–Crippen MR) is 84.5 cm³/mol. The standard InChI is InChI=1S/C15H30N2S/c1-13(2)9-7-5-6-8-10-16-14-17-11-15(3,4)12-18-14/h13H,5-12H2,1-4H3,(H,16,17). The monoisotopic (exact) mass is 270 g/mol. The summed E-state index contributed by atoms with van der Waals surface area (Å²) in [5.41, 5.74) is 0.382. The molecule has 0 radical (unpaired) electrons. The maximum Gasteiger partial charge on any atom is 0.156 e. The molecule has 0 spiro atoms. The molecule has 0 aliphatic carbocycles. The number of hydrogen-bond acceptors (Lipinski definition) is 3. The molecule has 0 aromatic rings. The fourth-order valence-electron chi connectivity index (χ4n) is 1.97. The first-order chi connectivity index (χ1) is 8.49. The minimum Gasteiger partial charge on any atom is -0.365 e. The summed E-state index contributed by atoms with van der Waals surface area (Å²) in [7, 11) is 0. The zero-order valence-electron chi connectivity index (χ0n) is 12.6. The van der Waals surface area contributed by atoms with Crippen molar-refractivity contribution in [2.75, 3.05) is 18.8 Å². The first kappa shape index (κ1) is 15.9. The molecule has 0 fully saturated rings. The third-order valence-electron chi connectivity index (χ3n) is 3.23. The summed E-state index contributed by atoms with van der Waals surface area (Å²) in [6, 6.07) is 0. The van der Waals surface area contributed by atoms with E-state index in [0.29, 0.717) is 5.41 Å². The lowest BCUT2D eigenvalue weighted by Gasteiger charge is -2.27. The SMILES string of the molecule is CC(C)CCCCCCNC1=NCC(C)(C)CS1. The highest BCUT2D eigenvalue weighted by Crippen LogP contribution is 2.26. The molecule has 0 atom stereocenters. The summed E-state index contributed by atoms with van der Waals surface area (Å²) in [6.07, 6.45) is 6.78. The van der Waals surface area contributed by atoms with E-state index in [1.165, 1.54) is 37.9 Å². The van der Waals surface area contributed by atoms with Gasteiger partial charge < -0.3 is 5.32 Å². The molecule has 1 aliphatic rings. The Balaban J connectivity index is 1.97. The van der Waals surface area contributed by atoms with Crippen LogP contribution in [0.2, 0.25) is 0 Å². The van der Waals surface area contributed by atoms with Gasteiger partial charge in [0.2, 0.25) is 0 Å². The van der Waals surface area contributed by atoms with Gasteiger partial charge in [-0.2, -0.15) is 0 Å². The molecule has 1 N–H and O–H groups in total. The number of hydrogen-bond donors (Lipinski definition) is 1. The van der Waals surface area contributed by atoms with Crippen LogP contribution >= 0.6 is 11.8 Å². The zero-order valence-corrected chi connectivity index (χ0v) is 13.4. The Hall–Kier alpha value is -0.180. The maximum atomic E-state index is 4.61. The molecule has 106 valence electrons. The van der Waals surface area contributed by atoms with Gasteiger partial charge >= 0.3 is 0 Å². The van der Waals surface area contributed by atoms with Crippen molar-refractivity contribution in [1.82, 2.24) is 5.32 Å². The fourth-order valence-corrected chi connectivity index (χ4v) is 2.95. The van der Waals surface area contributed by atoms with Crippen molar-refractivity contribution in [1.29, 1.82) is 0 Å². The Morgan fingerprint density at radius 1 is 1.22 bits per heavy atom. The first-order valence-corrected chi connectivity index (χ1v) is 8.39. The third-order valence-corrected chi connectivity index (χ3v) is 4.71. The summed E-state index contributed by atoms with van der Waals surface area (Å²) in [6.45, 7) is 11.2. The normalized spacial score (nSPS) is 18.8. The van der Waals surface area contributed by atoms with E-state index >= 15 is 0 Å². The highest BCUT2D eigenvalue weighted by atomic mass is 32.2. The second kappa shape index (κ2) is 8.08. The average molecular weight is 270 g/mol. The number of unbranched alkanes of at least 4 members (excludes halogenated alkanes) is 3. The Bertz CT molecular complexity index is 259. The number of rotatable bonds is 7. The van der Waals surface area contributed by atoms with Crippen LogP contribution in [-0.4, -0.2) is 24.0 Å². The van der Waals surface area contributed by atoms with E-state index in [-0.39, 0.29) is 0 Å². The number of thioether (sulfide) groups is 1. The van der Waals surface area contributed by atoms with Crippen molar-refractivity contribution in [2.24, 2.45) is 16.3 Å². The maximum absolute atomic E-state index is 4.61. The Morgan fingerprint density at radius 2 is 1.94 bits per heavy atom. The molecule has 3 heteroatoms. The molecule has 1 aliphatic heterocycles. The lowest BCUT2D eigenvalue weighted by Crippen LogP contribution is -2.31. The lowest BCUT2D eigenvalue weighted by atomic mass is 9.97. The van der Waals surface area contributed by atoms with E-state index in [9.17, 15) is 0 Å². The molecule has 0 amide bonds. The molecule has 1 rings (SSSR count). The van der Waals surface area contributed by atoms with Crippen molar-refractivity contribution in [3.8, 4) is 0 Å². The summed E-state index contributed by atoms with van der Waals surface area (Å²) >= 11 is 1.88. The van der Waals surface area contributed by atoms with Gasteiger partial charge in [-0.1, -0.05) is 65.1 Å². The van der Waals surface area contributed by atoms with Crippen LogP contribution in [0.5, 0.6) is 0 Å². The minimum absolute atomic E-state index is 0.382. The highest BCUT2D eigenvalue weighted by molar-refractivity contribution is 8.13. The van der Waals surface area contributed by atoms with Crippen LogP contribution in [0.25, 0.3) is 0 Å². The van der Waals surface area contributed by atoms with Crippen LogP contribution in [-0.2, 0) is 0 Å². The Labute approximate surface area is 117 Å². The van der Waals surface area contributed by atoms with Gasteiger partial charge in [-0.15, -0.1) is 0 Å². The fraction of sp³-hybridized carbons (Fsp3) is 0.933. The van der Waals surface area contributed by atoms with Crippen molar-refractivity contribution in [3.63, 3.8) is 0 Å². The van der Waals surface area contributed by atoms with Crippen LogP contribution in [0.15, 0.2) is 4.99 Å². The van der Waals surface area contributed by atoms with Crippen molar-refractivity contribution in [2.45, 2.75) is 59.8 Å². The number of aliphatic imine (C=N–C) groups is 1. The average Bonchev–Trinajstić information content (AvgIpc) is 2.29.